The number of rotatable bonds is 9. The van der Waals surface area contributed by atoms with Gasteiger partial charge in [-0.2, -0.15) is 16.8 Å². The molecule has 0 aliphatic rings. The first-order valence-corrected chi connectivity index (χ1v) is 12.4. The minimum absolute atomic E-state index is 0. The van der Waals surface area contributed by atoms with Crippen LogP contribution in [0.5, 0.6) is 0 Å². The molecule has 0 aliphatic heterocycles. The third-order valence-corrected chi connectivity index (χ3v) is 10.1. The molecule has 0 unspecified atom stereocenters. The van der Waals surface area contributed by atoms with Crippen LogP contribution in [0.25, 0.3) is 0 Å². The van der Waals surface area contributed by atoms with Gasteiger partial charge in [0.05, 0.1) is 0 Å². The Morgan fingerprint density at radius 3 is 1.92 bits per heavy atom. The van der Waals surface area contributed by atoms with Crippen LogP contribution in [-0.4, -0.2) is 38.2 Å². The smallest absolute Gasteiger partial charge is 0.383 e. The Bertz CT molecular complexity index is 461. The summed E-state index contributed by atoms with van der Waals surface area (Å²) in [6, 6.07) is 5.49. The topological polar surface area (TPSA) is 27.7 Å². The number of allylic oxidation sites excluding steroid dienone is 1. The summed E-state index contributed by atoms with van der Waals surface area (Å²) in [4.78, 5) is 0. The van der Waals surface area contributed by atoms with Crippen molar-refractivity contribution in [1.82, 2.24) is 0 Å². The quantitative estimate of drug-likeness (QED) is 0.258. The second kappa shape index (κ2) is 14.2. The van der Waals surface area contributed by atoms with Gasteiger partial charge in [0.1, 0.15) is 0 Å². The summed E-state index contributed by atoms with van der Waals surface area (Å²) in [6.07, 6.45) is 4.18. The molecule has 0 radical (unpaired) electrons. The van der Waals surface area contributed by atoms with E-state index < -0.39 is 16.9 Å². The van der Waals surface area contributed by atoms with Gasteiger partial charge >= 0.3 is 29.9 Å². The van der Waals surface area contributed by atoms with Gasteiger partial charge in [-0.3, -0.25) is 0 Å². The minimum atomic E-state index is -2.76. The molecule has 3 nitrogen and oxygen atoms in total. The molecule has 1 rings (SSSR count). The first-order valence-electron chi connectivity index (χ1n) is 7.48. The van der Waals surface area contributed by atoms with Crippen molar-refractivity contribution < 1.29 is 34.3 Å². The van der Waals surface area contributed by atoms with Crippen molar-refractivity contribution in [3.05, 3.63) is 52.6 Å². The Labute approximate surface area is 174 Å². The maximum Gasteiger partial charge on any atom is 4.00 e. The summed E-state index contributed by atoms with van der Waals surface area (Å²) in [5, 5.41) is 2.62. The third-order valence-electron chi connectivity index (χ3n) is 4.09. The van der Waals surface area contributed by atoms with Gasteiger partial charge in [-0.1, -0.05) is 38.9 Å². The van der Waals surface area contributed by atoms with Gasteiger partial charge in [0, 0.05) is 29.4 Å². The maximum atomic E-state index is 5.69. The van der Waals surface area contributed by atoms with Crippen LogP contribution in [0, 0.1) is 22.3 Å². The fourth-order valence-electron chi connectivity index (χ4n) is 3.00. The summed E-state index contributed by atoms with van der Waals surface area (Å²) in [5.74, 6) is 0. The zero-order chi connectivity index (χ0) is 16.1. The number of hydrogen-bond acceptors (Lipinski definition) is 3. The van der Waals surface area contributed by atoms with E-state index in [4.69, 9.17) is 13.3 Å². The predicted molar refractivity (Wildman–Crippen MR) is 114 cm³/mol. The molecule has 0 bridgehead atoms. The second-order valence-electron chi connectivity index (χ2n) is 5.93. The van der Waals surface area contributed by atoms with Gasteiger partial charge < -0.3 is 35.6 Å². The summed E-state index contributed by atoms with van der Waals surface area (Å²) in [6.45, 7) is 10.9. The Balaban J connectivity index is -0.000000551. The molecule has 0 aliphatic carbocycles. The fraction of sp³-hybridized carbons (Fsp3) is 0.474. The molecule has 150 valence electrons. The number of hydrogen-bond donors (Lipinski definition) is 0. The molecule has 0 fully saturated rings. The second-order valence-corrected chi connectivity index (χ2v) is 13.5. The third kappa shape index (κ3) is 6.96. The molecule has 0 heterocycles. The van der Waals surface area contributed by atoms with E-state index in [9.17, 15) is 0 Å². The van der Waals surface area contributed by atoms with Crippen LogP contribution < -0.4 is 10.4 Å². The van der Waals surface area contributed by atoms with E-state index in [-0.39, 0.29) is 43.3 Å². The zero-order valence-corrected chi connectivity index (χ0v) is 21.9. The molecule has 0 saturated heterocycles. The first-order chi connectivity index (χ1) is 9.92. The van der Waals surface area contributed by atoms with E-state index in [0.29, 0.717) is 0 Å². The van der Waals surface area contributed by atoms with Crippen LogP contribution in [0.3, 0.4) is 0 Å². The van der Waals surface area contributed by atoms with E-state index in [1.54, 1.807) is 21.3 Å². The molecule has 1 aromatic rings. The van der Waals surface area contributed by atoms with Crippen molar-refractivity contribution >= 4 is 27.3 Å². The van der Waals surface area contributed by atoms with Crippen LogP contribution in [-0.2, 0) is 40.8 Å². The SMILES string of the molecule is C=CC[Si](C)(C)[c-]1ccc([Si](OC)(OC)OC)c1CCC.[CH3-].[CH3-].[CH3-].[Pt+4]. The first kappa shape index (κ1) is 32.7. The van der Waals surface area contributed by atoms with Crippen molar-refractivity contribution in [2.75, 3.05) is 21.3 Å². The molecule has 0 spiro atoms. The summed E-state index contributed by atoms with van der Waals surface area (Å²) in [5.41, 5.74) is 1.38. The van der Waals surface area contributed by atoms with Crippen LogP contribution in [0.4, 0.5) is 0 Å². The standard InChI is InChI=1S/C16H29O3Si2.3CH3.Pt/c1-8-10-14-15(20(6,7)13-9-2)11-12-16(14)21(17-3,18-4)19-5;;;;/h9,11-12H,2,8,10,13H2,1,3-7H3;3*1H3;/q4*-1;+4. The summed E-state index contributed by atoms with van der Waals surface area (Å²) in [7, 11) is 0.744. The molecule has 6 heteroatoms. The maximum absolute atomic E-state index is 5.69. The van der Waals surface area contributed by atoms with E-state index >= 15 is 0 Å². The molecule has 1 aromatic carbocycles. The molecule has 0 N–H and O–H groups in total. The van der Waals surface area contributed by atoms with Gasteiger partial charge in [0.15, 0.2) is 0 Å². The van der Waals surface area contributed by atoms with Crippen LogP contribution >= 0.6 is 0 Å². The predicted octanol–water partition coefficient (Wildman–Crippen LogP) is 3.89. The molecule has 25 heavy (non-hydrogen) atoms. The van der Waals surface area contributed by atoms with E-state index in [1.807, 2.05) is 6.08 Å². The molecule has 0 amide bonds. The molecular formula is C19H38O3PtSi2. The van der Waals surface area contributed by atoms with Crippen molar-refractivity contribution in [1.29, 1.82) is 0 Å². The van der Waals surface area contributed by atoms with E-state index in [2.05, 4.69) is 38.7 Å². The van der Waals surface area contributed by atoms with Gasteiger partial charge in [-0.25, -0.2) is 6.07 Å². The largest absolute Gasteiger partial charge is 4.00 e. The van der Waals surface area contributed by atoms with Gasteiger partial charge in [0.25, 0.3) is 0 Å². The Morgan fingerprint density at radius 2 is 1.56 bits per heavy atom. The average Bonchev–Trinajstić information content (AvgIpc) is 2.87. The van der Waals surface area contributed by atoms with Gasteiger partial charge in [-0.05, 0) is 6.04 Å². The van der Waals surface area contributed by atoms with E-state index in [1.165, 1.54) is 10.8 Å². The van der Waals surface area contributed by atoms with Crippen LogP contribution in [0.15, 0.2) is 24.8 Å². The van der Waals surface area contributed by atoms with Crippen LogP contribution in [0.1, 0.15) is 18.9 Å². The minimum Gasteiger partial charge on any atom is -0.383 e. The van der Waals surface area contributed by atoms with Crippen molar-refractivity contribution in [3.8, 4) is 0 Å². The normalized spacial score (nSPS) is 10.6. The molecular weight excluding hydrogens is 527 g/mol. The van der Waals surface area contributed by atoms with Crippen molar-refractivity contribution in [2.24, 2.45) is 0 Å². The van der Waals surface area contributed by atoms with Crippen molar-refractivity contribution in [2.45, 2.75) is 38.9 Å². The Hall–Kier alpha value is 0.0921. The van der Waals surface area contributed by atoms with Crippen LogP contribution in [0.2, 0.25) is 19.1 Å². The molecule has 0 saturated carbocycles. The van der Waals surface area contributed by atoms with Crippen molar-refractivity contribution in [3.63, 3.8) is 0 Å². The summed E-state index contributed by atoms with van der Waals surface area (Å²) < 4.78 is 17.1. The van der Waals surface area contributed by atoms with Gasteiger partial charge in [0.2, 0.25) is 0 Å². The Morgan fingerprint density at radius 1 is 1.08 bits per heavy atom. The van der Waals surface area contributed by atoms with E-state index in [0.717, 1.165) is 24.1 Å². The average molecular weight is 566 g/mol. The fourth-order valence-corrected chi connectivity index (χ4v) is 7.76. The Kier molecular flexibility index (Phi) is 18.6. The van der Waals surface area contributed by atoms with Gasteiger partial charge in [-0.15, -0.1) is 11.8 Å². The molecule has 0 atom stereocenters. The summed E-state index contributed by atoms with van der Waals surface area (Å²) >= 11 is 0. The monoisotopic (exact) mass is 565 g/mol. The molecule has 0 aromatic heterocycles. The zero-order valence-electron chi connectivity index (χ0n) is 17.6.